The summed E-state index contributed by atoms with van der Waals surface area (Å²) in [5.41, 5.74) is -0.0949. The number of anilines is 1. The van der Waals surface area contributed by atoms with Gasteiger partial charge in [0, 0.05) is 55.3 Å². The van der Waals surface area contributed by atoms with E-state index in [0.29, 0.717) is 53.0 Å². The summed E-state index contributed by atoms with van der Waals surface area (Å²) in [5, 5.41) is 25.4. The molecule has 0 unspecified atom stereocenters. The number of hydrogen-bond acceptors (Lipinski definition) is 12. The maximum absolute atomic E-state index is 15.5. The number of oxime groups is 1. The molecule has 19 heteroatoms. The Bertz CT molecular complexity index is 2130. The number of hydrogen-bond donors (Lipinski definition) is 3. The number of β-lactam (4-membered cyclic amide) rings is 1. The molecule has 5 heterocycles. The number of aliphatic carboxylic acids is 1. The number of rotatable bonds is 10. The number of carbonyl (C=O) groups is 4. The number of thioether (sulfide) groups is 2. The SMILES string of the molecule is CON=C(C(=O)N[C@@H]1C(=O)N2C(C(=O)O)=C(CSC(=S)N3CCN(c4cc5c(cc4F)c(=O)c(C(=O)O)cn5C4CC4)CC3)CS[C@H]12)c1ccco1. The van der Waals surface area contributed by atoms with Crippen LogP contribution in [0.3, 0.4) is 0 Å². The monoisotopic (exact) mass is 770 g/mol. The van der Waals surface area contributed by atoms with Crippen LogP contribution < -0.4 is 15.6 Å². The Morgan fingerprint density at radius 3 is 2.54 bits per heavy atom. The lowest BCUT2D eigenvalue weighted by Gasteiger charge is -2.49. The molecule has 3 fully saturated rings. The number of carboxylic acids is 2. The molecular formula is C33H31FN6O9S3. The molecule has 7 rings (SSSR count). The van der Waals surface area contributed by atoms with E-state index in [2.05, 4.69) is 10.5 Å². The van der Waals surface area contributed by atoms with Crippen LogP contribution in [0.4, 0.5) is 10.1 Å². The first-order chi connectivity index (χ1) is 25.0. The summed E-state index contributed by atoms with van der Waals surface area (Å²) < 4.78 is 23.0. The van der Waals surface area contributed by atoms with Gasteiger partial charge in [-0.2, -0.15) is 0 Å². The summed E-state index contributed by atoms with van der Waals surface area (Å²) in [5.74, 6) is -3.86. The first kappa shape index (κ1) is 35.5. The van der Waals surface area contributed by atoms with Crippen LogP contribution in [0.5, 0.6) is 0 Å². The van der Waals surface area contributed by atoms with Crippen LogP contribution in [0.15, 0.2) is 62.4 Å². The minimum atomic E-state index is -1.35. The van der Waals surface area contributed by atoms with Gasteiger partial charge < -0.3 is 39.2 Å². The lowest BCUT2D eigenvalue weighted by Crippen LogP contribution is -2.71. The van der Waals surface area contributed by atoms with Crippen LogP contribution >= 0.6 is 35.7 Å². The third-order valence-electron chi connectivity index (χ3n) is 9.21. The quantitative estimate of drug-likeness (QED) is 0.118. The molecule has 3 N–H and O–H groups in total. The number of thiocarbonyl (C=S) groups is 1. The molecule has 0 radical (unpaired) electrons. The van der Waals surface area contributed by atoms with Crippen molar-refractivity contribution in [2.75, 3.05) is 49.7 Å². The summed E-state index contributed by atoms with van der Waals surface area (Å²) in [4.78, 5) is 72.8. The van der Waals surface area contributed by atoms with Crippen molar-refractivity contribution in [3.05, 3.63) is 75.4 Å². The number of furan rings is 1. The first-order valence-electron chi connectivity index (χ1n) is 16.1. The van der Waals surface area contributed by atoms with Gasteiger partial charge in [-0.3, -0.25) is 19.3 Å². The minimum Gasteiger partial charge on any atom is -0.477 e. The predicted octanol–water partition coefficient (Wildman–Crippen LogP) is 2.70. The molecule has 0 spiro atoms. The number of piperazine rings is 1. The van der Waals surface area contributed by atoms with Gasteiger partial charge in [0.1, 0.15) is 39.9 Å². The zero-order chi connectivity index (χ0) is 36.8. The highest BCUT2D eigenvalue weighted by Gasteiger charge is 2.54. The fourth-order valence-corrected chi connectivity index (χ4v) is 9.22. The number of amides is 2. The summed E-state index contributed by atoms with van der Waals surface area (Å²) in [6.07, 6.45) is 4.39. The fraction of sp³-hybridized carbons (Fsp3) is 0.364. The van der Waals surface area contributed by atoms with E-state index in [4.69, 9.17) is 21.5 Å². The van der Waals surface area contributed by atoms with Gasteiger partial charge in [0.05, 0.1) is 17.5 Å². The molecule has 3 aliphatic heterocycles. The Hall–Kier alpha value is -4.88. The predicted molar refractivity (Wildman–Crippen MR) is 194 cm³/mol. The highest BCUT2D eigenvalue weighted by atomic mass is 32.2. The Labute approximate surface area is 308 Å². The second-order valence-electron chi connectivity index (χ2n) is 12.4. The largest absolute Gasteiger partial charge is 0.477 e. The molecule has 0 bridgehead atoms. The summed E-state index contributed by atoms with van der Waals surface area (Å²) in [6.45, 7) is 1.74. The number of nitrogens with zero attached hydrogens (tertiary/aromatic N) is 5. The number of benzene rings is 1. The zero-order valence-corrected chi connectivity index (χ0v) is 29.9. The van der Waals surface area contributed by atoms with Gasteiger partial charge in [-0.25, -0.2) is 14.0 Å². The van der Waals surface area contributed by atoms with Crippen LogP contribution in [0.25, 0.3) is 10.9 Å². The zero-order valence-electron chi connectivity index (χ0n) is 27.4. The maximum Gasteiger partial charge on any atom is 0.352 e. The summed E-state index contributed by atoms with van der Waals surface area (Å²) in [6, 6.07) is 4.90. The van der Waals surface area contributed by atoms with Crippen molar-refractivity contribution in [2.45, 2.75) is 30.3 Å². The van der Waals surface area contributed by atoms with E-state index in [1.165, 1.54) is 54.1 Å². The Morgan fingerprint density at radius 1 is 1.15 bits per heavy atom. The van der Waals surface area contributed by atoms with E-state index in [1.54, 1.807) is 16.7 Å². The first-order valence-corrected chi connectivity index (χ1v) is 18.6. The number of pyridine rings is 1. The van der Waals surface area contributed by atoms with E-state index < -0.39 is 46.4 Å². The summed E-state index contributed by atoms with van der Waals surface area (Å²) in [7, 11) is 1.27. The molecule has 272 valence electrons. The number of aromatic carboxylic acids is 1. The van der Waals surface area contributed by atoms with E-state index >= 15 is 4.39 Å². The molecule has 1 aromatic carbocycles. The molecule has 2 saturated heterocycles. The molecule has 1 aliphatic carbocycles. The molecular weight excluding hydrogens is 740 g/mol. The van der Waals surface area contributed by atoms with Crippen molar-refractivity contribution in [1.29, 1.82) is 0 Å². The van der Waals surface area contributed by atoms with Crippen molar-refractivity contribution in [2.24, 2.45) is 5.16 Å². The van der Waals surface area contributed by atoms with Crippen LogP contribution in [0.1, 0.15) is 35.0 Å². The van der Waals surface area contributed by atoms with E-state index in [-0.39, 0.29) is 39.9 Å². The molecule has 2 atom stereocenters. The molecule has 15 nitrogen and oxygen atoms in total. The van der Waals surface area contributed by atoms with Gasteiger partial charge in [-0.05, 0) is 42.7 Å². The number of halogens is 1. The standard InChI is InChI=1S/C33H31FN6O9S3/c1-48-36-24(23-3-2-10-49-23)28(42)35-25-29(43)40-26(32(46)47)16(14-51-30(25)40)15-52-33(50)38-8-6-37(7-9-38)22-12-21-18(11-20(22)34)27(41)19(31(44)45)13-39(21)17-4-5-17/h2-3,10-13,17,25,30H,4-9,14-15H2,1H3,(H,35,42)(H,44,45)(H,46,47)/t25-,30-/m1/s1. The van der Waals surface area contributed by atoms with Crippen molar-refractivity contribution in [3.8, 4) is 0 Å². The average molecular weight is 771 g/mol. The van der Waals surface area contributed by atoms with Gasteiger partial charge in [-0.1, -0.05) is 29.1 Å². The Morgan fingerprint density at radius 2 is 1.90 bits per heavy atom. The van der Waals surface area contributed by atoms with Gasteiger partial charge in [0.25, 0.3) is 11.8 Å². The molecule has 2 amide bonds. The van der Waals surface area contributed by atoms with Crippen LogP contribution in [0.2, 0.25) is 0 Å². The van der Waals surface area contributed by atoms with Crippen LogP contribution in [0, 0.1) is 5.82 Å². The average Bonchev–Trinajstić information content (AvgIpc) is 3.83. The van der Waals surface area contributed by atoms with Gasteiger partial charge in [-0.15, -0.1) is 11.8 Å². The molecule has 4 aliphatic rings. The van der Waals surface area contributed by atoms with Crippen molar-refractivity contribution < 1.29 is 43.0 Å². The van der Waals surface area contributed by atoms with Gasteiger partial charge in [0.15, 0.2) is 5.76 Å². The lowest BCUT2D eigenvalue weighted by atomic mass is 10.0. The topological polar surface area (TPSA) is 187 Å². The smallest absolute Gasteiger partial charge is 0.352 e. The second-order valence-corrected chi connectivity index (χ2v) is 15.1. The van der Waals surface area contributed by atoms with Crippen LogP contribution in [-0.4, -0.2) is 115 Å². The van der Waals surface area contributed by atoms with E-state index in [0.717, 1.165) is 18.9 Å². The van der Waals surface area contributed by atoms with E-state index in [9.17, 15) is 34.2 Å². The molecule has 2 aromatic heterocycles. The fourth-order valence-electron chi connectivity index (χ4n) is 6.49. The minimum absolute atomic E-state index is 0.0300. The third kappa shape index (κ3) is 6.51. The third-order valence-corrected chi connectivity index (χ3v) is 12.2. The van der Waals surface area contributed by atoms with E-state index in [1.807, 2.05) is 9.80 Å². The number of carbonyl (C=O) groups excluding carboxylic acids is 2. The number of aromatic nitrogens is 1. The molecule has 3 aromatic rings. The number of carboxylic acid groups (broad SMARTS) is 2. The Balaban J connectivity index is 0.988. The highest BCUT2D eigenvalue weighted by molar-refractivity contribution is 8.23. The van der Waals surface area contributed by atoms with Crippen LogP contribution in [-0.2, 0) is 19.2 Å². The number of fused-ring (bicyclic) bond motifs is 2. The normalized spacial score (nSPS) is 20.5. The maximum atomic E-state index is 15.5. The highest BCUT2D eigenvalue weighted by Crippen LogP contribution is 2.42. The molecule has 52 heavy (non-hydrogen) atoms. The second kappa shape index (κ2) is 14.3. The number of nitrogens with one attached hydrogen (secondary N) is 1. The van der Waals surface area contributed by atoms with Gasteiger partial charge in [0.2, 0.25) is 11.1 Å². The van der Waals surface area contributed by atoms with Crippen molar-refractivity contribution >= 4 is 86.1 Å². The Kier molecular flexibility index (Phi) is 9.75. The summed E-state index contributed by atoms with van der Waals surface area (Å²) >= 11 is 8.30. The molecule has 1 saturated carbocycles. The lowest BCUT2D eigenvalue weighted by molar-refractivity contribution is -0.150. The van der Waals surface area contributed by atoms with Crippen molar-refractivity contribution in [1.82, 2.24) is 19.7 Å². The van der Waals surface area contributed by atoms with Gasteiger partial charge >= 0.3 is 11.9 Å². The van der Waals surface area contributed by atoms with Crippen molar-refractivity contribution in [3.63, 3.8) is 0 Å².